The zero-order valence-corrected chi connectivity index (χ0v) is 14.1. The normalized spacial score (nSPS) is 21.0. The Morgan fingerprint density at radius 1 is 0.476 bits per heavy atom. The Morgan fingerprint density at radius 2 is 0.762 bits per heavy atom. The molecule has 0 spiro atoms. The first-order chi connectivity index (χ1) is 9.70. The highest BCUT2D eigenvalue weighted by Crippen LogP contribution is 2.53. The lowest BCUT2D eigenvalue weighted by molar-refractivity contribution is 0.304. The first kappa shape index (κ1) is 14.4. The van der Waals surface area contributed by atoms with Gasteiger partial charge < -0.3 is 0 Å². The van der Waals surface area contributed by atoms with Gasteiger partial charge in [-0.2, -0.15) is 0 Å². The van der Waals surface area contributed by atoms with Crippen molar-refractivity contribution in [3.63, 3.8) is 0 Å². The molecular formula is C21H26. The van der Waals surface area contributed by atoms with E-state index in [4.69, 9.17) is 0 Å². The zero-order valence-electron chi connectivity index (χ0n) is 14.1. The molecule has 0 unspecified atom stereocenters. The number of hydrogen-bond acceptors (Lipinski definition) is 0. The van der Waals surface area contributed by atoms with Crippen LogP contribution < -0.4 is 0 Å². The Labute approximate surface area is 129 Å². The molecule has 0 radical (unpaired) electrons. The predicted octanol–water partition coefficient (Wildman–Crippen LogP) is 5.58. The molecule has 0 nitrogen and oxygen atoms in total. The van der Waals surface area contributed by atoms with E-state index in [-0.39, 0.29) is 16.2 Å². The molecule has 0 bridgehead atoms. The molecule has 0 heterocycles. The Kier molecular flexibility index (Phi) is 2.89. The number of hydrogen-bond donors (Lipinski definition) is 0. The second kappa shape index (κ2) is 4.22. The van der Waals surface area contributed by atoms with Gasteiger partial charge in [0.05, 0.1) is 0 Å². The van der Waals surface area contributed by atoms with Crippen LogP contribution in [-0.4, -0.2) is 0 Å². The van der Waals surface area contributed by atoms with Crippen molar-refractivity contribution in [3.05, 3.63) is 70.8 Å². The smallest absolute Gasteiger partial charge is 0.0152 e. The summed E-state index contributed by atoms with van der Waals surface area (Å²) in [6, 6.07) is 18.0. The highest BCUT2D eigenvalue weighted by molar-refractivity contribution is 5.55. The molecule has 2 aromatic rings. The van der Waals surface area contributed by atoms with Gasteiger partial charge in [-0.05, 0) is 33.1 Å². The minimum atomic E-state index is 0.0399. The lowest BCUT2D eigenvalue weighted by Crippen LogP contribution is -2.40. The van der Waals surface area contributed by atoms with Crippen LogP contribution in [0.15, 0.2) is 48.5 Å². The Hall–Kier alpha value is -1.56. The highest BCUT2D eigenvalue weighted by atomic mass is 14.5. The molecule has 1 aliphatic rings. The molecule has 0 aromatic heterocycles. The average Bonchev–Trinajstić information content (AvgIpc) is 2.49. The molecule has 3 rings (SSSR count). The first-order valence-corrected chi connectivity index (χ1v) is 7.90. The monoisotopic (exact) mass is 278 g/mol. The average molecular weight is 278 g/mol. The molecule has 0 heteroatoms. The molecule has 2 aromatic carbocycles. The van der Waals surface area contributed by atoms with Crippen LogP contribution in [0.2, 0.25) is 0 Å². The molecule has 0 saturated carbocycles. The Balaban J connectivity index is 2.48. The number of rotatable bonds is 0. The summed E-state index contributed by atoms with van der Waals surface area (Å²) in [7, 11) is 0. The van der Waals surface area contributed by atoms with Crippen LogP contribution in [-0.2, 0) is 16.2 Å². The highest BCUT2D eigenvalue weighted by Gasteiger charge is 2.47. The van der Waals surface area contributed by atoms with Crippen molar-refractivity contribution in [1.29, 1.82) is 0 Å². The zero-order chi connectivity index (χ0) is 15.5. The second-order valence-corrected chi connectivity index (χ2v) is 7.97. The molecule has 21 heavy (non-hydrogen) atoms. The van der Waals surface area contributed by atoms with E-state index in [1.165, 1.54) is 22.3 Å². The van der Waals surface area contributed by atoms with Gasteiger partial charge in [-0.3, -0.25) is 0 Å². The third-order valence-corrected chi connectivity index (χ3v) is 6.11. The van der Waals surface area contributed by atoms with E-state index in [1.54, 1.807) is 0 Å². The van der Waals surface area contributed by atoms with E-state index in [9.17, 15) is 0 Å². The van der Waals surface area contributed by atoms with E-state index >= 15 is 0 Å². The van der Waals surface area contributed by atoms with Crippen LogP contribution in [0.1, 0.15) is 63.8 Å². The maximum Gasteiger partial charge on any atom is 0.0152 e. The lowest BCUT2D eigenvalue weighted by atomic mass is 9.61. The number of fused-ring (bicyclic) bond motifs is 2. The van der Waals surface area contributed by atoms with Gasteiger partial charge in [-0.1, -0.05) is 90.1 Å². The third-order valence-electron chi connectivity index (χ3n) is 6.11. The summed E-state index contributed by atoms with van der Waals surface area (Å²) in [5.41, 5.74) is 6.12. The summed E-state index contributed by atoms with van der Waals surface area (Å²) in [6.07, 6.45) is 0. The molecular weight excluding hydrogens is 252 g/mol. The van der Waals surface area contributed by atoms with Gasteiger partial charge in [0.1, 0.15) is 0 Å². The van der Waals surface area contributed by atoms with Crippen molar-refractivity contribution >= 4 is 0 Å². The fourth-order valence-corrected chi connectivity index (χ4v) is 3.96. The van der Waals surface area contributed by atoms with Crippen molar-refractivity contribution in [3.8, 4) is 0 Å². The molecule has 0 aliphatic heterocycles. The summed E-state index contributed by atoms with van der Waals surface area (Å²) < 4.78 is 0. The standard InChI is InChI=1S/C21H26/c1-19(2)15-11-7-9-13-17(15)20(3,4)21(5,6)18-14-10-8-12-16(18)19/h7-14H,1-6H3. The molecule has 0 fully saturated rings. The van der Waals surface area contributed by atoms with Crippen molar-refractivity contribution in [2.24, 2.45) is 0 Å². The predicted molar refractivity (Wildman–Crippen MR) is 91.1 cm³/mol. The van der Waals surface area contributed by atoms with Crippen LogP contribution in [0.25, 0.3) is 0 Å². The summed E-state index contributed by atoms with van der Waals surface area (Å²) in [4.78, 5) is 0. The molecule has 0 N–H and O–H groups in total. The Bertz CT molecular complexity index is 627. The molecule has 0 saturated heterocycles. The van der Waals surface area contributed by atoms with E-state index < -0.39 is 0 Å². The maximum atomic E-state index is 2.39. The minimum Gasteiger partial charge on any atom is -0.0620 e. The third kappa shape index (κ3) is 1.75. The molecule has 0 atom stereocenters. The van der Waals surface area contributed by atoms with Gasteiger partial charge in [-0.25, -0.2) is 0 Å². The summed E-state index contributed by atoms with van der Waals surface area (Å²) >= 11 is 0. The van der Waals surface area contributed by atoms with Gasteiger partial charge >= 0.3 is 0 Å². The lowest BCUT2D eigenvalue weighted by Gasteiger charge is -2.42. The van der Waals surface area contributed by atoms with Crippen molar-refractivity contribution in [2.75, 3.05) is 0 Å². The van der Waals surface area contributed by atoms with E-state index in [0.717, 1.165) is 0 Å². The molecule has 110 valence electrons. The van der Waals surface area contributed by atoms with E-state index in [0.29, 0.717) is 0 Å². The van der Waals surface area contributed by atoms with Crippen LogP contribution in [0.4, 0.5) is 0 Å². The maximum absolute atomic E-state index is 2.39. The number of benzene rings is 2. The van der Waals surface area contributed by atoms with Crippen LogP contribution in [0.3, 0.4) is 0 Å². The molecule has 1 aliphatic carbocycles. The SMILES string of the molecule is CC1(C)c2ccccc2C(C)(C)C(C)(C)c2ccccc21. The van der Waals surface area contributed by atoms with Crippen LogP contribution in [0, 0.1) is 0 Å². The first-order valence-electron chi connectivity index (χ1n) is 7.90. The topological polar surface area (TPSA) is 0 Å². The van der Waals surface area contributed by atoms with Gasteiger partial charge in [0.25, 0.3) is 0 Å². The fourth-order valence-electron chi connectivity index (χ4n) is 3.96. The fraction of sp³-hybridized carbons (Fsp3) is 0.429. The largest absolute Gasteiger partial charge is 0.0620 e. The van der Waals surface area contributed by atoms with E-state index in [2.05, 4.69) is 90.1 Å². The minimum absolute atomic E-state index is 0.0399. The molecule has 0 amide bonds. The van der Waals surface area contributed by atoms with Crippen LogP contribution >= 0.6 is 0 Å². The summed E-state index contributed by atoms with van der Waals surface area (Å²) in [5, 5.41) is 0. The van der Waals surface area contributed by atoms with Gasteiger partial charge in [0, 0.05) is 5.41 Å². The summed E-state index contributed by atoms with van der Waals surface area (Å²) in [6.45, 7) is 14.3. The van der Waals surface area contributed by atoms with Gasteiger partial charge in [0.2, 0.25) is 0 Å². The van der Waals surface area contributed by atoms with Gasteiger partial charge in [0.15, 0.2) is 0 Å². The van der Waals surface area contributed by atoms with Crippen molar-refractivity contribution < 1.29 is 0 Å². The Morgan fingerprint density at radius 3 is 1.10 bits per heavy atom. The van der Waals surface area contributed by atoms with E-state index in [1.807, 2.05) is 0 Å². The van der Waals surface area contributed by atoms with Crippen molar-refractivity contribution in [2.45, 2.75) is 57.8 Å². The van der Waals surface area contributed by atoms with Crippen LogP contribution in [0.5, 0.6) is 0 Å². The van der Waals surface area contributed by atoms with Crippen molar-refractivity contribution in [1.82, 2.24) is 0 Å². The second-order valence-electron chi connectivity index (χ2n) is 7.97. The van der Waals surface area contributed by atoms with Gasteiger partial charge in [-0.15, -0.1) is 0 Å². The summed E-state index contributed by atoms with van der Waals surface area (Å²) in [5.74, 6) is 0. The quantitative estimate of drug-likeness (QED) is 0.590.